The van der Waals surface area contributed by atoms with Gasteiger partial charge in [0.2, 0.25) is 10.0 Å². The fourth-order valence-electron chi connectivity index (χ4n) is 2.30. The van der Waals surface area contributed by atoms with Gasteiger partial charge in [0.25, 0.3) is 0 Å². The number of piperazine rings is 1. The summed E-state index contributed by atoms with van der Waals surface area (Å²) in [6.07, 6.45) is 5.00. The molecule has 9 heteroatoms. The highest BCUT2D eigenvalue weighted by Crippen LogP contribution is 2.25. The van der Waals surface area contributed by atoms with Crippen molar-refractivity contribution in [3.63, 3.8) is 0 Å². The summed E-state index contributed by atoms with van der Waals surface area (Å²) in [5.41, 5.74) is 0. The van der Waals surface area contributed by atoms with Gasteiger partial charge in [-0.1, -0.05) is 0 Å². The molecule has 1 aliphatic heterocycles. The fourth-order valence-corrected chi connectivity index (χ4v) is 4.42. The Balaban J connectivity index is 1.75. The standard InChI is InChI=1S/C14H19N5O2S2/c1-17-7-9-19(10-8-17)23(20,21)12-3-4-13(16-11-12)22-14-15-5-6-18(14)2/h3-6,11H,7-10H2,1-2H3. The van der Waals surface area contributed by atoms with Crippen molar-refractivity contribution >= 4 is 21.8 Å². The first-order chi connectivity index (χ1) is 11.0. The van der Waals surface area contributed by atoms with Crippen molar-refractivity contribution in [2.24, 2.45) is 7.05 Å². The first-order valence-electron chi connectivity index (χ1n) is 7.27. The summed E-state index contributed by atoms with van der Waals surface area (Å²) < 4.78 is 28.7. The molecule has 124 valence electrons. The van der Waals surface area contributed by atoms with Gasteiger partial charge in [0, 0.05) is 51.8 Å². The molecule has 23 heavy (non-hydrogen) atoms. The lowest BCUT2D eigenvalue weighted by Crippen LogP contribution is -2.47. The van der Waals surface area contributed by atoms with Crippen LogP contribution in [0.5, 0.6) is 0 Å². The van der Waals surface area contributed by atoms with Crippen molar-refractivity contribution in [3.8, 4) is 0 Å². The van der Waals surface area contributed by atoms with Crippen LogP contribution in [0.2, 0.25) is 0 Å². The molecule has 3 heterocycles. The molecular weight excluding hydrogens is 334 g/mol. The van der Waals surface area contributed by atoms with Crippen LogP contribution < -0.4 is 0 Å². The number of hydrogen-bond donors (Lipinski definition) is 0. The van der Waals surface area contributed by atoms with Crippen LogP contribution in [0.4, 0.5) is 0 Å². The minimum atomic E-state index is -3.46. The first kappa shape index (κ1) is 16.4. The molecule has 0 atom stereocenters. The Morgan fingerprint density at radius 1 is 1.09 bits per heavy atom. The Morgan fingerprint density at radius 2 is 1.83 bits per heavy atom. The van der Waals surface area contributed by atoms with Crippen LogP contribution in [0, 0.1) is 0 Å². The van der Waals surface area contributed by atoms with Crippen LogP contribution in [0.15, 0.2) is 45.8 Å². The molecule has 0 radical (unpaired) electrons. The van der Waals surface area contributed by atoms with Crippen LogP contribution in [-0.4, -0.2) is 65.4 Å². The number of imidazole rings is 1. The highest BCUT2D eigenvalue weighted by molar-refractivity contribution is 7.99. The topological polar surface area (TPSA) is 71.3 Å². The zero-order valence-corrected chi connectivity index (χ0v) is 14.7. The van der Waals surface area contributed by atoms with Gasteiger partial charge in [-0.05, 0) is 30.9 Å². The summed E-state index contributed by atoms with van der Waals surface area (Å²) in [6.45, 7) is 2.53. The molecule has 0 amide bonds. The number of rotatable bonds is 4. The maximum absolute atomic E-state index is 12.6. The van der Waals surface area contributed by atoms with Crippen LogP contribution in [0.25, 0.3) is 0 Å². The van der Waals surface area contributed by atoms with Crippen molar-refractivity contribution in [2.45, 2.75) is 15.1 Å². The molecule has 1 aliphatic rings. The molecule has 0 aliphatic carbocycles. The minimum absolute atomic E-state index is 0.242. The zero-order chi connectivity index (χ0) is 16.4. The molecule has 0 bridgehead atoms. The summed E-state index contributed by atoms with van der Waals surface area (Å²) in [5, 5.41) is 1.53. The summed E-state index contributed by atoms with van der Waals surface area (Å²) >= 11 is 1.40. The van der Waals surface area contributed by atoms with Crippen molar-refractivity contribution < 1.29 is 8.42 Å². The molecule has 0 spiro atoms. The van der Waals surface area contributed by atoms with E-state index in [1.165, 1.54) is 22.3 Å². The molecular formula is C14H19N5O2S2. The minimum Gasteiger partial charge on any atom is -0.329 e. The van der Waals surface area contributed by atoms with Crippen molar-refractivity contribution in [1.29, 1.82) is 0 Å². The Morgan fingerprint density at radius 3 is 2.39 bits per heavy atom. The van der Waals surface area contributed by atoms with Crippen molar-refractivity contribution in [1.82, 2.24) is 23.7 Å². The average molecular weight is 353 g/mol. The van der Waals surface area contributed by atoms with E-state index in [-0.39, 0.29) is 4.90 Å². The molecule has 0 N–H and O–H groups in total. The first-order valence-corrected chi connectivity index (χ1v) is 9.52. The largest absolute Gasteiger partial charge is 0.329 e. The second-order valence-electron chi connectivity index (χ2n) is 5.46. The highest BCUT2D eigenvalue weighted by atomic mass is 32.2. The van der Waals surface area contributed by atoms with Crippen LogP contribution >= 0.6 is 11.8 Å². The molecule has 0 aromatic carbocycles. The van der Waals surface area contributed by atoms with Gasteiger partial charge in [0.1, 0.15) is 9.92 Å². The van der Waals surface area contributed by atoms with E-state index in [1.54, 1.807) is 18.3 Å². The summed E-state index contributed by atoms with van der Waals surface area (Å²) in [7, 11) is 0.441. The van der Waals surface area contributed by atoms with E-state index in [0.717, 1.165) is 23.3 Å². The number of aromatic nitrogens is 3. The van der Waals surface area contributed by atoms with E-state index in [1.807, 2.05) is 24.9 Å². The Labute approximate surface area is 140 Å². The van der Waals surface area contributed by atoms with Crippen molar-refractivity contribution in [3.05, 3.63) is 30.7 Å². The number of sulfonamides is 1. The third-order valence-electron chi connectivity index (χ3n) is 3.78. The molecule has 7 nitrogen and oxygen atoms in total. The van der Waals surface area contributed by atoms with E-state index in [0.29, 0.717) is 13.1 Å². The Kier molecular flexibility index (Phi) is 4.72. The van der Waals surface area contributed by atoms with Gasteiger partial charge in [-0.2, -0.15) is 4.31 Å². The molecule has 2 aromatic rings. The van der Waals surface area contributed by atoms with Gasteiger partial charge < -0.3 is 9.47 Å². The van der Waals surface area contributed by atoms with E-state index in [2.05, 4.69) is 14.9 Å². The maximum Gasteiger partial charge on any atom is 0.244 e. The highest BCUT2D eigenvalue weighted by Gasteiger charge is 2.27. The Bertz CT molecular complexity index is 765. The average Bonchev–Trinajstić information content (AvgIpc) is 2.93. The molecule has 0 unspecified atom stereocenters. The van der Waals surface area contributed by atoms with Gasteiger partial charge >= 0.3 is 0 Å². The lowest BCUT2D eigenvalue weighted by Gasteiger charge is -2.31. The smallest absolute Gasteiger partial charge is 0.244 e. The lowest BCUT2D eigenvalue weighted by atomic mass is 10.4. The van der Waals surface area contributed by atoms with E-state index < -0.39 is 10.0 Å². The summed E-state index contributed by atoms with van der Waals surface area (Å²) in [6, 6.07) is 3.34. The fraction of sp³-hybridized carbons (Fsp3) is 0.429. The predicted molar refractivity (Wildman–Crippen MR) is 87.8 cm³/mol. The zero-order valence-electron chi connectivity index (χ0n) is 13.1. The van der Waals surface area contributed by atoms with Gasteiger partial charge in [0.05, 0.1) is 0 Å². The molecule has 2 aromatic heterocycles. The van der Waals surface area contributed by atoms with Crippen LogP contribution in [0.3, 0.4) is 0 Å². The third kappa shape index (κ3) is 3.57. The third-order valence-corrected chi connectivity index (χ3v) is 6.69. The number of hydrogen-bond acceptors (Lipinski definition) is 6. The molecule has 1 fully saturated rings. The SMILES string of the molecule is CN1CCN(S(=O)(=O)c2ccc(Sc3nccn3C)nc2)CC1. The van der Waals surface area contributed by atoms with Gasteiger partial charge in [0.15, 0.2) is 5.16 Å². The second-order valence-corrected chi connectivity index (χ2v) is 8.39. The summed E-state index contributed by atoms with van der Waals surface area (Å²) in [5.74, 6) is 0. The van der Waals surface area contributed by atoms with Gasteiger partial charge in [-0.15, -0.1) is 0 Å². The van der Waals surface area contributed by atoms with E-state index in [4.69, 9.17) is 0 Å². The lowest BCUT2D eigenvalue weighted by molar-refractivity contribution is 0.222. The quantitative estimate of drug-likeness (QED) is 0.813. The predicted octanol–water partition coefficient (Wildman–Crippen LogP) is 0.902. The number of pyridine rings is 1. The number of likely N-dealkylation sites (N-methyl/N-ethyl adjacent to an activating group) is 1. The van der Waals surface area contributed by atoms with Crippen LogP contribution in [-0.2, 0) is 17.1 Å². The summed E-state index contributed by atoms with van der Waals surface area (Å²) in [4.78, 5) is 10.8. The van der Waals surface area contributed by atoms with Gasteiger partial charge in [-0.25, -0.2) is 18.4 Å². The van der Waals surface area contributed by atoms with Crippen LogP contribution in [0.1, 0.15) is 0 Å². The van der Waals surface area contributed by atoms with E-state index in [9.17, 15) is 8.42 Å². The number of nitrogens with zero attached hydrogens (tertiary/aromatic N) is 5. The Hall–Kier alpha value is -1.42. The van der Waals surface area contributed by atoms with Gasteiger partial charge in [-0.3, -0.25) is 0 Å². The second kappa shape index (κ2) is 6.60. The maximum atomic E-state index is 12.6. The normalized spacial score (nSPS) is 17.5. The van der Waals surface area contributed by atoms with Crippen molar-refractivity contribution in [2.75, 3.05) is 33.2 Å². The van der Waals surface area contributed by atoms with E-state index >= 15 is 0 Å². The monoisotopic (exact) mass is 353 g/mol. The molecule has 3 rings (SSSR count). The molecule has 1 saturated heterocycles. The number of aryl methyl sites for hydroxylation is 1. The molecule has 0 saturated carbocycles.